The smallest absolute Gasteiger partial charge is 0.444 e. The molecule has 1 aromatic rings. The van der Waals surface area contributed by atoms with Crippen molar-refractivity contribution in [1.82, 2.24) is 20.4 Å². The van der Waals surface area contributed by atoms with Gasteiger partial charge >= 0.3 is 19.3 Å². The molecule has 0 aromatic heterocycles. The second kappa shape index (κ2) is 18.2. The van der Waals surface area contributed by atoms with E-state index in [1.54, 1.807) is 25.7 Å². The lowest BCUT2D eigenvalue weighted by molar-refractivity contribution is -0.153. The number of amides is 4. The first-order chi connectivity index (χ1) is 26.4. The van der Waals surface area contributed by atoms with Gasteiger partial charge in [-0.15, -0.1) is 13.2 Å². The molecule has 12 nitrogen and oxygen atoms in total. The Kier molecular flexibility index (Phi) is 14.1. The van der Waals surface area contributed by atoms with Gasteiger partial charge in [0.2, 0.25) is 11.8 Å². The van der Waals surface area contributed by atoms with Crippen LogP contribution in [0.15, 0.2) is 49.6 Å². The Bertz CT molecular complexity index is 1570. The largest absolute Gasteiger partial charge is 0.478 e. The predicted molar refractivity (Wildman–Crippen MR) is 220 cm³/mol. The Morgan fingerprint density at radius 1 is 0.982 bits per heavy atom. The molecule has 3 aliphatic carbocycles. The molecule has 2 bridgehead atoms. The summed E-state index contributed by atoms with van der Waals surface area (Å²) >= 11 is 0. The number of fused-ring (bicyclic) bond motifs is 3. The van der Waals surface area contributed by atoms with Gasteiger partial charge in [0, 0.05) is 22.4 Å². The Morgan fingerprint density at radius 2 is 1.62 bits per heavy atom. The lowest BCUT2D eigenvalue weighted by Crippen LogP contribution is -2.61. The molecule has 0 spiro atoms. The zero-order valence-corrected chi connectivity index (χ0v) is 34.5. The summed E-state index contributed by atoms with van der Waals surface area (Å²) in [6.07, 6.45) is 9.37. The number of likely N-dealkylation sites (tertiary alicyclic amines) is 1. The van der Waals surface area contributed by atoms with E-state index < -0.39 is 66.5 Å². The number of alkyl carbamates (subject to hydrolysis) is 1. The summed E-state index contributed by atoms with van der Waals surface area (Å²) in [5.74, 6) is -0.731. The fraction of sp³-hybridized carbons (Fsp3) is 0.674. The van der Waals surface area contributed by atoms with E-state index in [0.717, 1.165) is 56.1 Å². The maximum atomic E-state index is 14.4. The van der Waals surface area contributed by atoms with Crippen molar-refractivity contribution in [2.45, 2.75) is 161 Å². The summed E-state index contributed by atoms with van der Waals surface area (Å²) in [5, 5.41) is 17.4. The fourth-order valence-corrected chi connectivity index (χ4v) is 9.08. The molecule has 2 unspecified atom stereocenters. The molecule has 0 radical (unpaired) electrons. The Morgan fingerprint density at radius 3 is 2.21 bits per heavy atom. The van der Waals surface area contributed by atoms with E-state index in [1.165, 1.54) is 17.4 Å². The number of hydrogen-bond acceptors (Lipinski definition) is 8. The van der Waals surface area contributed by atoms with E-state index in [9.17, 15) is 24.2 Å². The van der Waals surface area contributed by atoms with Gasteiger partial charge in [-0.1, -0.05) is 69.5 Å². The third-order valence-electron chi connectivity index (χ3n) is 12.4. The third kappa shape index (κ3) is 10.8. The molecule has 2 heterocycles. The second-order valence-electron chi connectivity index (χ2n) is 18.3. The molecule has 6 rings (SSSR count). The minimum atomic E-state index is -1.27. The summed E-state index contributed by atoms with van der Waals surface area (Å²) < 4.78 is 17.9. The van der Waals surface area contributed by atoms with Crippen LogP contribution < -0.4 is 10.6 Å². The first-order valence-electron chi connectivity index (χ1n) is 20.6. The molecule has 3 saturated carbocycles. The molecule has 1 saturated heterocycles. The van der Waals surface area contributed by atoms with Gasteiger partial charge in [-0.05, 0) is 101 Å². The van der Waals surface area contributed by atoms with Crippen molar-refractivity contribution in [2.24, 2.45) is 17.3 Å². The fourth-order valence-electron chi connectivity index (χ4n) is 9.08. The zero-order valence-electron chi connectivity index (χ0n) is 34.5. The average Bonchev–Trinajstić information content (AvgIpc) is 3.76. The first-order valence-corrected chi connectivity index (χ1v) is 20.6. The van der Waals surface area contributed by atoms with Gasteiger partial charge in [-0.3, -0.25) is 14.5 Å². The van der Waals surface area contributed by atoms with Crippen LogP contribution in [0.1, 0.15) is 126 Å². The van der Waals surface area contributed by atoms with Gasteiger partial charge in [0.1, 0.15) is 23.8 Å². The number of rotatable bonds is 17. The summed E-state index contributed by atoms with van der Waals surface area (Å²) in [6.45, 7) is 20.2. The number of unbranched alkanes of at least 4 members (excludes halogenated alkanes) is 4. The molecule has 7 atom stereocenters. The second-order valence-corrected chi connectivity index (χ2v) is 18.3. The van der Waals surface area contributed by atoms with Gasteiger partial charge in [0.15, 0.2) is 0 Å². The number of nitrogens with one attached hydrogen (secondary N) is 2. The Hall–Kier alpha value is -3.84. The minimum Gasteiger partial charge on any atom is -0.444 e. The minimum absolute atomic E-state index is 0. The van der Waals surface area contributed by atoms with Crippen LogP contribution in [0.5, 0.6) is 0 Å². The van der Waals surface area contributed by atoms with Crippen molar-refractivity contribution >= 4 is 31.1 Å². The lowest BCUT2D eigenvalue weighted by atomic mass is 9.46. The van der Waals surface area contributed by atoms with Crippen LogP contribution >= 0.6 is 0 Å². The monoisotopic (exact) mass is 781 g/mol. The molecule has 13 heteroatoms. The van der Waals surface area contributed by atoms with Gasteiger partial charge in [0.05, 0.1) is 18.1 Å². The van der Waals surface area contributed by atoms with Crippen molar-refractivity contribution in [2.75, 3.05) is 6.54 Å². The quantitative estimate of drug-likeness (QED) is 0.0847. The Balaban J connectivity index is 0.00000450. The topological polar surface area (TPSA) is 147 Å². The van der Waals surface area contributed by atoms with Crippen molar-refractivity contribution in [3.05, 3.63) is 60.7 Å². The number of nitrogens with zero attached hydrogens (tertiary/aromatic N) is 2. The van der Waals surface area contributed by atoms with Crippen LogP contribution in [0.4, 0.5) is 9.59 Å². The van der Waals surface area contributed by atoms with Gasteiger partial charge in [-0.2, -0.15) is 0 Å². The number of carbonyl (C=O) groups excluding carboxylic acids is 4. The summed E-state index contributed by atoms with van der Waals surface area (Å²) in [6, 6.07) is 5.68. The average molecular weight is 781 g/mol. The van der Waals surface area contributed by atoms with Crippen LogP contribution in [-0.4, -0.2) is 87.8 Å². The molecule has 4 amide bonds. The number of allylic oxidation sites excluding steroid dienone is 1. The predicted octanol–water partition coefficient (Wildman–Crippen LogP) is 7.33. The van der Waals surface area contributed by atoms with Crippen molar-refractivity contribution < 1.29 is 41.2 Å². The molecule has 4 fully saturated rings. The van der Waals surface area contributed by atoms with Gasteiger partial charge < -0.3 is 34.7 Å². The highest BCUT2D eigenvalue weighted by Gasteiger charge is 2.57. The number of carbonyl (C=O) groups is 4. The van der Waals surface area contributed by atoms with E-state index in [2.05, 4.69) is 44.6 Å². The highest BCUT2D eigenvalue weighted by atomic mass is 16.6. The van der Waals surface area contributed by atoms with E-state index in [1.807, 2.05) is 30.3 Å². The third-order valence-corrected chi connectivity index (χ3v) is 12.4. The SMILES string of the molecule is C=CCCCCCC[C@H](NC(=O)[C@@H]1C[C@@H](OC(=O)N2Cc3ccccc3C2)CN1C(=O)[C@H](CC=C)NC(=O)OC(C)(C)C)B(O)OC1(C)CC2C[C@@H](C1)C2(C)C.[HH].[HH]. The molecule has 2 aliphatic heterocycles. The highest BCUT2D eigenvalue weighted by molar-refractivity contribution is 6.45. The van der Waals surface area contributed by atoms with E-state index in [4.69, 9.17) is 14.1 Å². The van der Waals surface area contributed by atoms with Crippen molar-refractivity contribution in [1.29, 1.82) is 0 Å². The first kappa shape index (κ1) is 43.3. The van der Waals surface area contributed by atoms with E-state index >= 15 is 0 Å². The Labute approximate surface area is 337 Å². The summed E-state index contributed by atoms with van der Waals surface area (Å²) in [5.41, 5.74) is 1.02. The van der Waals surface area contributed by atoms with Crippen LogP contribution in [0.25, 0.3) is 0 Å². The molecular formula is C43H69BN4O8. The van der Waals surface area contributed by atoms with E-state index in [0.29, 0.717) is 31.3 Å². The van der Waals surface area contributed by atoms with Crippen LogP contribution in [0, 0.1) is 17.3 Å². The molecule has 5 aliphatic rings. The normalized spacial score (nSPS) is 25.9. The molecule has 56 heavy (non-hydrogen) atoms. The van der Waals surface area contributed by atoms with Crippen LogP contribution in [0.3, 0.4) is 0 Å². The molecular weight excluding hydrogens is 711 g/mol. The lowest BCUT2D eigenvalue weighted by Gasteiger charge is -2.62. The molecule has 312 valence electrons. The zero-order chi connectivity index (χ0) is 40.8. The van der Waals surface area contributed by atoms with E-state index in [-0.39, 0.29) is 27.7 Å². The highest BCUT2D eigenvalue weighted by Crippen LogP contribution is 2.62. The number of ether oxygens (including phenoxy) is 2. The van der Waals surface area contributed by atoms with Gasteiger partial charge in [-0.25, -0.2) is 9.59 Å². The molecule has 1 aromatic carbocycles. The van der Waals surface area contributed by atoms with Crippen molar-refractivity contribution in [3.8, 4) is 0 Å². The maximum absolute atomic E-state index is 14.4. The maximum Gasteiger partial charge on any atom is 0.478 e. The number of hydrogen-bond donors (Lipinski definition) is 3. The van der Waals surface area contributed by atoms with Crippen molar-refractivity contribution in [3.63, 3.8) is 0 Å². The number of benzene rings is 1. The van der Waals surface area contributed by atoms with Gasteiger partial charge in [0.25, 0.3) is 0 Å². The van der Waals surface area contributed by atoms with Crippen LogP contribution in [0.2, 0.25) is 0 Å². The standard InChI is InChI=1S/C43H65BN4O8.2H2/c1-9-11-12-13-14-15-21-36(44(53)56-43(8)24-31-22-32(25-43)42(31,6)7)46-37(49)35-23-33(54-40(52)47-26-29-19-16-17-20-30(29)27-47)28-48(35)38(50)34(18-10-2)45-39(51)55-41(3,4)5;;/h9-10,16-17,19-20,31-36,53H,1-2,11-15,18,21-28H2,3-8H3,(H,45,51)(H,46,49);2*1H/t31-,32?,33+,34-,35-,36-,43?;;/m0../s1. The summed E-state index contributed by atoms with van der Waals surface area (Å²) in [4.78, 5) is 58.0. The summed E-state index contributed by atoms with van der Waals surface area (Å²) in [7, 11) is -1.27. The van der Waals surface area contributed by atoms with Crippen LogP contribution in [-0.2, 0) is 36.8 Å². The molecule has 3 N–H and O–H groups in total.